The molecule has 2 aromatic carbocycles. The van der Waals surface area contributed by atoms with Crippen molar-refractivity contribution < 1.29 is 14.6 Å². The van der Waals surface area contributed by atoms with Crippen molar-refractivity contribution in [2.24, 2.45) is 5.92 Å². The van der Waals surface area contributed by atoms with Crippen molar-refractivity contribution in [2.75, 3.05) is 6.61 Å². The number of hydrogen-bond donors (Lipinski definition) is 2. The van der Waals surface area contributed by atoms with Gasteiger partial charge in [-0.25, -0.2) is 4.79 Å². The zero-order valence-corrected chi connectivity index (χ0v) is 17.1. The summed E-state index contributed by atoms with van der Waals surface area (Å²) in [6.45, 7) is 1.20. The van der Waals surface area contributed by atoms with Crippen LogP contribution in [0.5, 0.6) is 0 Å². The normalized spacial score (nSPS) is 23.1. The second kappa shape index (κ2) is 9.87. The van der Waals surface area contributed by atoms with E-state index in [2.05, 4.69) is 4.98 Å². The molecule has 1 aliphatic carbocycles. The monoisotopic (exact) mass is 422 g/mol. The molecule has 1 heterocycles. The second-order valence-electron chi connectivity index (χ2n) is 7.83. The molecule has 1 fully saturated rings. The molecule has 7 nitrogen and oxygen atoms in total. The predicted molar refractivity (Wildman–Crippen MR) is 116 cm³/mol. The molecule has 2 N–H and O–H groups in total. The van der Waals surface area contributed by atoms with Crippen LogP contribution in [-0.4, -0.2) is 33.5 Å². The number of rotatable bonds is 8. The number of aliphatic hydroxyl groups is 1. The van der Waals surface area contributed by atoms with E-state index in [1.54, 1.807) is 0 Å². The number of aliphatic hydroxyl groups excluding tert-OH is 1. The lowest BCUT2D eigenvalue weighted by Crippen LogP contribution is -2.38. The average Bonchev–Trinajstić information content (AvgIpc) is 3.09. The first-order valence-corrected chi connectivity index (χ1v) is 10.4. The topological polar surface area (TPSA) is 93.5 Å². The summed E-state index contributed by atoms with van der Waals surface area (Å²) < 4.78 is 13.4. The first-order valence-electron chi connectivity index (χ1n) is 10.4. The van der Waals surface area contributed by atoms with E-state index in [-0.39, 0.29) is 5.92 Å². The van der Waals surface area contributed by atoms with Gasteiger partial charge in [0, 0.05) is 18.2 Å². The van der Waals surface area contributed by atoms with Crippen molar-refractivity contribution in [3.05, 3.63) is 105 Å². The molecule has 4 atom stereocenters. The van der Waals surface area contributed by atoms with Crippen molar-refractivity contribution in [3.8, 4) is 0 Å². The van der Waals surface area contributed by atoms with Crippen LogP contribution in [-0.2, 0) is 22.7 Å². The van der Waals surface area contributed by atoms with E-state index in [0.717, 1.165) is 11.1 Å². The zero-order valence-electron chi connectivity index (χ0n) is 17.1. The molecule has 1 aliphatic rings. The predicted octanol–water partition coefficient (Wildman–Crippen LogP) is 2.26. The molecular formula is C24H26N2O5. The minimum atomic E-state index is -0.905. The zero-order chi connectivity index (χ0) is 21.6. The van der Waals surface area contributed by atoms with Crippen LogP contribution < -0.4 is 11.2 Å². The van der Waals surface area contributed by atoms with Crippen LogP contribution in [0, 0.1) is 5.92 Å². The maximum atomic E-state index is 12.3. The van der Waals surface area contributed by atoms with Gasteiger partial charge < -0.3 is 14.6 Å². The summed E-state index contributed by atoms with van der Waals surface area (Å²) in [5, 5.41) is 11.0. The van der Waals surface area contributed by atoms with Gasteiger partial charge in [0.05, 0.1) is 32.0 Å². The lowest BCUT2D eigenvalue weighted by Gasteiger charge is -2.24. The molecule has 0 aliphatic heterocycles. The molecule has 0 amide bonds. The van der Waals surface area contributed by atoms with Gasteiger partial charge in [0.15, 0.2) is 0 Å². The molecule has 0 bridgehead atoms. The molecule has 0 spiro atoms. The number of benzene rings is 2. The summed E-state index contributed by atoms with van der Waals surface area (Å²) in [4.78, 5) is 26.0. The van der Waals surface area contributed by atoms with Gasteiger partial charge in [-0.2, -0.15) is 0 Å². The maximum absolute atomic E-state index is 12.3. The van der Waals surface area contributed by atoms with E-state index in [4.69, 9.17) is 9.47 Å². The summed E-state index contributed by atoms with van der Waals surface area (Å²) in [6, 6.07) is 20.4. The van der Waals surface area contributed by atoms with Crippen molar-refractivity contribution in [2.45, 2.75) is 37.9 Å². The van der Waals surface area contributed by atoms with Crippen molar-refractivity contribution in [1.29, 1.82) is 0 Å². The number of nitrogens with zero attached hydrogens (tertiary/aromatic N) is 1. The molecule has 4 rings (SSSR count). The van der Waals surface area contributed by atoms with Gasteiger partial charge in [-0.1, -0.05) is 60.7 Å². The molecule has 1 saturated carbocycles. The highest BCUT2D eigenvalue weighted by Gasteiger charge is 2.44. The largest absolute Gasteiger partial charge is 0.388 e. The quantitative estimate of drug-likeness (QED) is 0.581. The van der Waals surface area contributed by atoms with Gasteiger partial charge in [0.1, 0.15) is 6.10 Å². The lowest BCUT2D eigenvalue weighted by molar-refractivity contribution is -0.0717. The highest BCUT2D eigenvalue weighted by Crippen LogP contribution is 2.37. The minimum absolute atomic E-state index is 0.105. The Balaban J connectivity index is 1.49. The summed E-state index contributed by atoms with van der Waals surface area (Å²) in [6.07, 6.45) is 0.523. The van der Waals surface area contributed by atoms with E-state index < -0.39 is 29.5 Å². The van der Waals surface area contributed by atoms with Crippen LogP contribution in [0.2, 0.25) is 0 Å². The summed E-state index contributed by atoms with van der Waals surface area (Å²) in [7, 11) is 0. The first kappa shape index (κ1) is 21.2. The van der Waals surface area contributed by atoms with Gasteiger partial charge in [0.2, 0.25) is 0 Å². The maximum Gasteiger partial charge on any atom is 0.328 e. The Labute approximate surface area is 179 Å². The Hall–Kier alpha value is -3.00. The Morgan fingerprint density at radius 3 is 2.23 bits per heavy atom. The Bertz CT molecular complexity index is 1080. The van der Waals surface area contributed by atoms with E-state index in [0.29, 0.717) is 26.2 Å². The Morgan fingerprint density at radius 1 is 0.935 bits per heavy atom. The van der Waals surface area contributed by atoms with E-state index in [1.807, 2.05) is 60.7 Å². The molecule has 162 valence electrons. The Morgan fingerprint density at radius 2 is 1.58 bits per heavy atom. The minimum Gasteiger partial charge on any atom is -0.388 e. The Kier molecular flexibility index (Phi) is 6.76. The van der Waals surface area contributed by atoms with Gasteiger partial charge in [0.25, 0.3) is 5.56 Å². The number of hydrogen-bond acceptors (Lipinski definition) is 5. The smallest absolute Gasteiger partial charge is 0.328 e. The highest BCUT2D eigenvalue weighted by atomic mass is 16.5. The molecule has 1 aromatic heterocycles. The van der Waals surface area contributed by atoms with Gasteiger partial charge in [-0.05, 0) is 17.5 Å². The number of nitrogens with one attached hydrogen (secondary N) is 1. The van der Waals surface area contributed by atoms with Crippen LogP contribution in [0.1, 0.15) is 23.6 Å². The molecule has 3 aromatic rings. The fourth-order valence-electron chi connectivity index (χ4n) is 4.11. The standard InChI is InChI=1S/C24H26N2O5/c27-21-11-12-26(24(29)25-21)20-13-19(16-30-14-17-7-3-1-4-8-17)23(22(20)28)31-15-18-9-5-2-6-10-18/h1-12,19-20,22-23,28H,13-16H2,(H,25,27,29). The van der Waals surface area contributed by atoms with Crippen LogP contribution in [0.3, 0.4) is 0 Å². The fraction of sp³-hybridized carbons (Fsp3) is 0.333. The van der Waals surface area contributed by atoms with Crippen LogP contribution in [0.15, 0.2) is 82.5 Å². The number of aromatic nitrogens is 2. The molecular weight excluding hydrogens is 396 g/mol. The molecule has 31 heavy (non-hydrogen) atoms. The summed E-state index contributed by atoms with van der Waals surface area (Å²) >= 11 is 0. The van der Waals surface area contributed by atoms with Gasteiger partial charge >= 0.3 is 5.69 Å². The highest BCUT2D eigenvalue weighted by molar-refractivity contribution is 5.14. The third-order valence-electron chi connectivity index (χ3n) is 5.68. The second-order valence-corrected chi connectivity index (χ2v) is 7.83. The van der Waals surface area contributed by atoms with Crippen LogP contribution in [0.4, 0.5) is 0 Å². The summed E-state index contributed by atoms with van der Waals surface area (Å²) in [5.41, 5.74) is 1.07. The summed E-state index contributed by atoms with van der Waals surface area (Å²) in [5.74, 6) is -0.105. The van der Waals surface area contributed by atoms with Gasteiger partial charge in [-0.3, -0.25) is 14.3 Å². The van der Waals surface area contributed by atoms with Crippen LogP contribution >= 0.6 is 0 Å². The van der Waals surface area contributed by atoms with Crippen molar-refractivity contribution in [3.63, 3.8) is 0 Å². The van der Waals surface area contributed by atoms with E-state index in [9.17, 15) is 14.7 Å². The van der Waals surface area contributed by atoms with Crippen molar-refractivity contribution >= 4 is 0 Å². The van der Waals surface area contributed by atoms with E-state index >= 15 is 0 Å². The van der Waals surface area contributed by atoms with Gasteiger partial charge in [-0.15, -0.1) is 0 Å². The molecule has 4 unspecified atom stereocenters. The fourth-order valence-corrected chi connectivity index (χ4v) is 4.11. The van der Waals surface area contributed by atoms with E-state index in [1.165, 1.54) is 16.8 Å². The SMILES string of the molecule is O=c1ccn(C2CC(COCc3ccccc3)C(OCc3ccccc3)C2O)c(=O)[nH]1. The number of ether oxygens (including phenoxy) is 2. The first-order chi connectivity index (χ1) is 15.1. The molecule has 0 saturated heterocycles. The number of aromatic amines is 1. The number of H-pyrrole nitrogens is 1. The van der Waals surface area contributed by atoms with Crippen LogP contribution in [0.25, 0.3) is 0 Å². The average molecular weight is 422 g/mol. The third kappa shape index (κ3) is 5.19. The molecule has 0 radical (unpaired) electrons. The molecule has 7 heteroatoms. The third-order valence-corrected chi connectivity index (χ3v) is 5.68. The lowest BCUT2D eigenvalue weighted by atomic mass is 10.1. The van der Waals surface area contributed by atoms with Crippen molar-refractivity contribution in [1.82, 2.24) is 9.55 Å².